The summed E-state index contributed by atoms with van der Waals surface area (Å²) in [7, 11) is 0. The average Bonchev–Trinajstić information content (AvgIpc) is 2.72. The number of fused-ring (bicyclic) bond motifs is 2. The van der Waals surface area contributed by atoms with Gasteiger partial charge in [-0.1, -0.05) is 34.1 Å². The van der Waals surface area contributed by atoms with Crippen LogP contribution < -0.4 is 5.32 Å². The summed E-state index contributed by atoms with van der Waals surface area (Å²) in [6, 6.07) is 1.54. The Morgan fingerprint density at radius 2 is 1.93 bits per heavy atom. The van der Waals surface area contributed by atoms with Gasteiger partial charge in [0, 0.05) is 12.1 Å². The van der Waals surface area contributed by atoms with Gasteiger partial charge < -0.3 is 5.32 Å². The summed E-state index contributed by atoms with van der Waals surface area (Å²) in [5, 5.41) is 3.94. The quantitative estimate of drug-likeness (QED) is 0.749. The first-order chi connectivity index (χ1) is 7.00. The summed E-state index contributed by atoms with van der Waals surface area (Å²) in [5.41, 5.74) is 0.413. The molecule has 88 valence electrons. The molecule has 2 aliphatic carbocycles. The highest BCUT2D eigenvalue weighted by atomic mass is 15.0. The molecule has 0 aromatic rings. The van der Waals surface area contributed by atoms with E-state index in [2.05, 4.69) is 33.0 Å². The Kier molecular flexibility index (Phi) is 3.12. The Morgan fingerprint density at radius 3 is 2.33 bits per heavy atom. The molecular weight excluding hydrogens is 182 g/mol. The van der Waals surface area contributed by atoms with Gasteiger partial charge in [-0.05, 0) is 42.9 Å². The summed E-state index contributed by atoms with van der Waals surface area (Å²) in [5.74, 6) is 2.07. The fourth-order valence-electron chi connectivity index (χ4n) is 3.69. The second kappa shape index (κ2) is 4.08. The Hall–Kier alpha value is -0.0400. The number of rotatable bonds is 3. The zero-order valence-electron chi connectivity index (χ0n) is 10.8. The van der Waals surface area contributed by atoms with Crippen molar-refractivity contribution >= 4 is 0 Å². The van der Waals surface area contributed by atoms with E-state index in [-0.39, 0.29) is 0 Å². The molecule has 2 aliphatic rings. The van der Waals surface area contributed by atoms with Crippen molar-refractivity contribution in [2.75, 3.05) is 0 Å². The summed E-state index contributed by atoms with van der Waals surface area (Å²) in [6.45, 7) is 9.40. The molecule has 0 aromatic heterocycles. The van der Waals surface area contributed by atoms with Crippen molar-refractivity contribution < 1.29 is 0 Å². The fraction of sp³-hybridized carbons (Fsp3) is 1.00. The Labute approximate surface area is 95.0 Å². The lowest BCUT2D eigenvalue weighted by Crippen LogP contribution is -2.47. The smallest absolute Gasteiger partial charge is 0.0116 e. The third-order valence-corrected chi connectivity index (χ3v) is 4.61. The van der Waals surface area contributed by atoms with Gasteiger partial charge in [0.2, 0.25) is 0 Å². The highest BCUT2D eigenvalue weighted by Gasteiger charge is 2.40. The normalized spacial score (nSPS) is 37.2. The van der Waals surface area contributed by atoms with E-state index in [4.69, 9.17) is 0 Å². The number of nitrogens with one attached hydrogen (secondary N) is 1. The molecule has 2 saturated carbocycles. The maximum absolute atomic E-state index is 3.94. The summed E-state index contributed by atoms with van der Waals surface area (Å²) in [6.07, 6.45) is 7.23. The van der Waals surface area contributed by atoms with E-state index in [1.54, 1.807) is 0 Å². The molecule has 0 radical (unpaired) electrons. The van der Waals surface area contributed by atoms with Gasteiger partial charge in [0.25, 0.3) is 0 Å². The summed E-state index contributed by atoms with van der Waals surface area (Å²) in [4.78, 5) is 0. The Morgan fingerprint density at radius 1 is 1.20 bits per heavy atom. The minimum atomic E-state index is 0.413. The standard InChI is InChI=1S/C14H27N/c1-5-13(14(2,3)4)15-12-9-10-6-7-11(12)8-10/h10-13,15H,5-9H2,1-4H3. The van der Waals surface area contributed by atoms with Crippen molar-refractivity contribution in [3.05, 3.63) is 0 Å². The predicted molar refractivity (Wildman–Crippen MR) is 65.9 cm³/mol. The Balaban J connectivity index is 1.90. The molecule has 0 amide bonds. The Bertz CT molecular complexity index is 216. The molecule has 2 rings (SSSR count). The van der Waals surface area contributed by atoms with Crippen LogP contribution in [0.4, 0.5) is 0 Å². The van der Waals surface area contributed by atoms with E-state index in [1.807, 2.05) is 0 Å². The largest absolute Gasteiger partial charge is 0.310 e. The minimum absolute atomic E-state index is 0.413. The van der Waals surface area contributed by atoms with Crippen LogP contribution >= 0.6 is 0 Å². The average molecular weight is 209 g/mol. The van der Waals surface area contributed by atoms with Gasteiger partial charge in [0.1, 0.15) is 0 Å². The molecule has 1 heteroatoms. The zero-order valence-corrected chi connectivity index (χ0v) is 10.8. The van der Waals surface area contributed by atoms with E-state index < -0.39 is 0 Å². The molecule has 0 aliphatic heterocycles. The topological polar surface area (TPSA) is 12.0 Å². The molecule has 1 N–H and O–H groups in total. The first-order valence-electron chi connectivity index (χ1n) is 6.76. The van der Waals surface area contributed by atoms with E-state index in [0.717, 1.165) is 17.9 Å². The highest BCUT2D eigenvalue weighted by Crippen LogP contribution is 2.45. The molecule has 0 heterocycles. The van der Waals surface area contributed by atoms with Crippen LogP contribution in [0.15, 0.2) is 0 Å². The van der Waals surface area contributed by atoms with Crippen LogP contribution in [0.3, 0.4) is 0 Å². The van der Waals surface area contributed by atoms with Crippen LogP contribution in [-0.2, 0) is 0 Å². The zero-order chi connectivity index (χ0) is 11.1. The van der Waals surface area contributed by atoms with E-state index in [0.29, 0.717) is 11.5 Å². The third-order valence-electron chi connectivity index (χ3n) is 4.61. The minimum Gasteiger partial charge on any atom is -0.310 e. The number of hydrogen-bond donors (Lipinski definition) is 1. The van der Waals surface area contributed by atoms with E-state index >= 15 is 0 Å². The molecule has 4 atom stereocenters. The molecule has 0 spiro atoms. The van der Waals surface area contributed by atoms with Crippen molar-refractivity contribution in [2.45, 2.75) is 71.9 Å². The summed E-state index contributed by atoms with van der Waals surface area (Å²) >= 11 is 0. The van der Waals surface area contributed by atoms with Crippen molar-refractivity contribution in [3.63, 3.8) is 0 Å². The molecule has 0 saturated heterocycles. The van der Waals surface area contributed by atoms with Gasteiger partial charge in [-0.2, -0.15) is 0 Å². The van der Waals surface area contributed by atoms with Gasteiger partial charge in [0.15, 0.2) is 0 Å². The van der Waals surface area contributed by atoms with Gasteiger partial charge >= 0.3 is 0 Å². The summed E-state index contributed by atoms with van der Waals surface area (Å²) < 4.78 is 0. The molecule has 4 unspecified atom stereocenters. The maximum atomic E-state index is 3.94. The van der Waals surface area contributed by atoms with E-state index in [1.165, 1.54) is 32.1 Å². The molecule has 2 bridgehead atoms. The molecule has 2 fully saturated rings. The molecule has 1 nitrogen and oxygen atoms in total. The molecule has 15 heavy (non-hydrogen) atoms. The first kappa shape index (κ1) is 11.4. The van der Waals surface area contributed by atoms with Crippen molar-refractivity contribution in [3.8, 4) is 0 Å². The lowest BCUT2D eigenvalue weighted by atomic mass is 9.83. The fourth-order valence-corrected chi connectivity index (χ4v) is 3.69. The van der Waals surface area contributed by atoms with Gasteiger partial charge in [0.05, 0.1) is 0 Å². The lowest BCUT2D eigenvalue weighted by Gasteiger charge is -2.36. The van der Waals surface area contributed by atoms with Crippen molar-refractivity contribution in [2.24, 2.45) is 17.3 Å². The van der Waals surface area contributed by atoms with Gasteiger partial charge in [-0.25, -0.2) is 0 Å². The lowest BCUT2D eigenvalue weighted by molar-refractivity contribution is 0.211. The molecular formula is C14H27N. The van der Waals surface area contributed by atoms with Crippen molar-refractivity contribution in [1.29, 1.82) is 0 Å². The van der Waals surface area contributed by atoms with Gasteiger partial charge in [-0.15, -0.1) is 0 Å². The maximum Gasteiger partial charge on any atom is 0.0116 e. The van der Waals surface area contributed by atoms with Crippen LogP contribution in [0.2, 0.25) is 0 Å². The van der Waals surface area contributed by atoms with E-state index in [9.17, 15) is 0 Å². The molecule has 0 aromatic carbocycles. The van der Waals surface area contributed by atoms with Crippen LogP contribution in [0.1, 0.15) is 59.8 Å². The highest BCUT2D eigenvalue weighted by molar-refractivity contribution is 4.96. The number of hydrogen-bond acceptors (Lipinski definition) is 1. The van der Waals surface area contributed by atoms with Crippen LogP contribution in [-0.4, -0.2) is 12.1 Å². The van der Waals surface area contributed by atoms with Crippen LogP contribution in [0.5, 0.6) is 0 Å². The third kappa shape index (κ3) is 2.38. The van der Waals surface area contributed by atoms with Gasteiger partial charge in [-0.3, -0.25) is 0 Å². The predicted octanol–water partition coefficient (Wildman–Crippen LogP) is 3.59. The van der Waals surface area contributed by atoms with Crippen molar-refractivity contribution in [1.82, 2.24) is 5.32 Å². The SMILES string of the molecule is CCC(NC1CC2CCC1C2)C(C)(C)C. The second-order valence-corrected chi connectivity index (χ2v) is 6.77. The second-order valence-electron chi connectivity index (χ2n) is 6.77. The monoisotopic (exact) mass is 209 g/mol. The van der Waals surface area contributed by atoms with Crippen LogP contribution in [0.25, 0.3) is 0 Å². The first-order valence-corrected chi connectivity index (χ1v) is 6.76. The van der Waals surface area contributed by atoms with Crippen LogP contribution in [0, 0.1) is 17.3 Å².